The maximum atomic E-state index is 11.8. The van der Waals surface area contributed by atoms with Gasteiger partial charge in [-0.2, -0.15) is 5.26 Å². The molecule has 2 unspecified atom stereocenters. The predicted octanol–water partition coefficient (Wildman–Crippen LogP) is 2.55. The lowest BCUT2D eigenvalue weighted by molar-refractivity contribution is -0.0129. The monoisotopic (exact) mass is 224 g/mol. The van der Waals surface area contributed by atoms with Crippen LogP contribution >= 0.6 is 0 Å². The first-order valence-corrected chi connectivity index (χ1v) is 5.78. The predicted molar refractivity (Wildman–Crippen MR) is 60.7 cm³/mol. The van der Waals surface area contributed by atoms with Crippen LogP contribution in [0.25, 0.3) is 0 Å². The number of carbonyl (C=O) groups excluding carboxylic acids is 1. The summed E-state index contributed by atoms with van der Waals surface area (Å²) < 4.78 is 5.29. The highest BCUT2D eigenvalue weighted by Gasteiger charge is 2.39. The van der Waals surface area contributed by atoms with Crippen molar-refractivity contribution in [2.45, 2.75) is 52.2 Å². The molecule has 0 aromatic heterocycles. The zero-order chi connectivity index (χ0) is 12.3. The summed E-state index contributed by atoms with van der Waals surface area (Å²) >= 11 is 0. The molecule has 0 spiro atoms. The Morgan fingerprint density at radius 3 is 2.56 bits per heavy atom. The Labute approximate surface area is 97.2 Å². The average molecular weight is 224 g/mol. The Hall–Kier alpha value is -1.24. The van der Waals surface area contributed by atoms with Crippen LogP contribution in [0.4, 0.5) is 4.79 Å². The smallest absolute Gasteiger partial charge is 0.410 e. The number of amides is 1. The van der Waals surface area contributed by atoms with Crippen LogP contribution < -0.4 is 0 Å². The van der Waals surface area contributed by atoms with E-state index in [-0.39, 0.29) is 18.1 Å². The minimum absolute atomic E-state index is 0.0462. The highest BCUT2D eigenvalue weighted by Crippen LogP contribution is 2.28. The third-order valence-electron chi connectivity index (χ3n) is 2.76. The van der Waals surface area contributed by atoms with E-state index in [1.807, 2.05) is 27.7 Å². The maximum Gasteiger partial charge on any atom is 0.410 e. The Morgan fingerprint density at radius 2 is 2.25 bits per heavy atom. The van der Waals surface area contributed by atoms with Gasteiger partial charge in [-0.3, -0.25) is 0 Å². The molecule has 0 aliphatic carbocycles. The van der Waals surface area contributed by atoms with Crippen LogP contribution in [0.15, 0.2) is 0 Å². The molecule has 4 nitrogen and oxygen atoms in total. The van der Waals surface area contributed by atoms with Crippen molar-refractivity contribution in [3.63, 3.8) is 0 Å². The van der Waals surface area contributed by atoms with Gasteiger partial charge in [0.2, 0.25) is 0 Å². The first kappa shape index (κ1) is 12.8. The molecule has 0 aromatic rings. The Balaban J connectivity index is 2.56. The van der Waals surface area contributed by atoms with Crippen molar-refractivity contribution in [3.8, 4) is 6.07 Å². The number of ether oxygens (including phenoxy) is 1. The molecule has 0 saturated carbocycles. The summed E-state index contributed by atoms with van der Waals surface area (Å²) in [7, 11) is 0. The van der Waals surface area contributed by atoms with E-state index in [1.54, 1.807) is 4.90 Å². The molecule has 90 valence electrons. The van der Waals surface area contributed by atoms with Gasteiger partial charge >= 0.3 is 6.09 Å². The highest BCUT2D eigenvalue weighted by atomic mass is 16.6. The molecule has 0 N–H and O–H groups in total. The lowest BCUT2D eigenvalue weighted by Gasteiger charge is -2.43. The molecule has 1 rings (SSSR count). The largest absolute Gasteiger partial charge is 0.444 e. The first-order valence-electron chi connectivity index (χ1n) is 5.78. The van der Waals surface area contributed by atoms with E-state index in [0.29, 0.717) is 6.54 Å². The minimum atomic E-state index is -0.467. The van der Waals surface area contributed by atoms with Gasteiger partial charge in [0.25, 0.3) is 0 Å². The van der Waals surface area contributed by atoms with E-state index < -0.39 is 5.60 Å². The molecular formula is C12H20N2O2. The van der Waals surface area contributed by atoms with Crippen LogP contribution in [-0.4, -0.2) is 29.2 Å². The van der Waals surface area contributed by atoms with Crippen molar-refractivity contribution in [2.75, 3.05) is 6.54 Å². The maximum absolute atomic E-state index is 11.8. The zero-order valence-electron chi connectivity index (χ0n) is 10.5. The van der Waals surface area contributed by atoms with Crippen LogP contribution in [0.3, 0.4) is 0 Å². The Morgan fingerprint density at radius 1 is 1.62 bits per heavy atom. The van der Waals surface area contributed by atoms with Crippen molar-refractivity contribution in [3.05, 3.63) is 0 Å². The Kier molecular flexibility index (Phi) is 3.79. The molecule has 1 aliphatic heterocycles. The van der Waals surface area contributed by atoms with Gasteiger partial charge in [-0.25, -0.2) is 4.79 Å². The fourth-order valence-corrected chi connectivity index (χ4v) is 1.82. The van der Waals surface area contributed by atoms with E-state index >= 15 is 0 Å². The fourth-order valence-electron chi connectivity index (χ4n) is 1.82. The lowest BCUT2D eigenvalue weighted by atomic mass is 9.89. The SMILES string of the molecule is CCC(C#N)C1CCN1C(=O)OC(C)(C)C. The highest BCUT2D eigenvalue weighted by molar-refractivity contribution is 5.69. The molecule has 1 fully saturated rings. The number of carbonyl (C=O) groups is 1. The summed E-state index contributed by atoms with van der Waals surface area (Å²) in [5.74, 6) is -0.0683. The first-order chi connectivity index (χ1) is 7.39. The van der Waals surface area contributed by atoms with Crippen molar-refractivity contribution in [1.82, 2.24) is 4.90 Å². The average Bonchev–Trinajstić information content (AvgIpc) is 2.08. The van der Waals surface area contributed by atoms with E-state index in [1.165, 1.54) is 0 Å². The van der Waals surface area contributed by atoms with E-state index in [4.69, 9.17) is 10.00 Å². The van der Waals surface area contributed by atoms with Gasteiger partial charge in [0.15, 0.2) is 0 Å². The van der Waals surface area contributed by atoms with E-state index in [9.17, 15) is 4.79 Å². The molecular weight excluding hydrogens is 204 g/mol. The van der Waals surface area contributed by atoms with Gasteiger partial charge in [0.1, 0.15) is 5.60 Å². The van der Waals surface area contributed by atoms with Gasteiger partial charge in [-0.15, -0.1) is 0 Å². The molecule has 2 atom stereocenters. The topological polar surface area (TPSA) is 53.3 Å². The Bertz CT molecular complexity index is 301. The summed E-state index contributed by atoms with van der Waals surface area (Å²) in [5.41, 5.74) is -0.467. The van der Waals surface area contributed by atoms with Crippen molar-refractivity contribution in [1.29, 1.82) is 5.26 Å². The van der Waals surface area contributed by atoms with Crippen molar-refractivity contribution in [2.24, 2.45) is 5.92 Å². The second kappa shape index (κ2) is 4.73. The van der Waals surface area contributed by atoms with Gasteiger partial charge in [0.05, 0.1) is 18.0 Å². The minimum Gasteiger partial charge on any atom is -0.444 e. The summed E-state index contributed by atoms with van der Waals surface area (Å²) in [6.45, 7) is 8.22. The van der Waals surface area contributed by atoms with Gasteiger partial charge < -0.3 is 9.64 Å². The molecule has 1 heterocycles. The number of nitrogens with zero attached hydrogens (tertiary/aromatic N) is 2. The van der Waals surface area contributed by atoms with Gasteiger partial charge in [0, 0.05) is 6.54 Å². The molecule has 16 heavy (non-hydrogen) atoms. The molecule has 4 heteroatoms. The molecule has 1 aliphatic rings. The van der Waals surface area contributed by atoms with Crippen molar-refractivity contribution >= 4 is 6.09 Å². The molecule has 0 aromatic carbocycles. The standard InChI is InChI=1S/C12H20N2O2/c1-5-9(8-13)10-6-7-14(10)11(15)16-12(2,3)4/h9-10H,5-7H2,1-4H3. The van der Waals surface area contributed by atoms with Crippen LogP contribution in [0.5, 0.6) is 0 Å². The number of hydrogen-bond donors (Lipinski definition) is 0. The normalized spacial score (nSPS) is 21.9. The second-order valence-corrected chi connectivity index (χ2v) is 5.17. The zero-order valence-corrected chi connectivity index (χ0v) is 10.5. The second-order valence-electron chi connectivity index (χ2n) is 5.17. The summed E-state index contributed by atoms with van der Waals surface area (Å²) in [6.07, 6.45) is 1.39. The molecule has 0 radical (unpaired) electrons. The van der Waals surface area contributed by atoms with Gasteiger partial charge in [-0.1, -0.05) is 6.92 Å². The lowest BCUT2D eigenvalue weighted by Crippen LogP contribution is -2.55. The third kappa shape index (κ3) is 2.88. The molecule has 1 saturated heterocycles. The summed E-state index contributed by atoms with van der Waals surface area (Å²) in [6, 6.07) is 2.30. The molecule has 0 bridgehead atoms. The number of likely N-dealkylation sites (tertiary alicyclic amines) is 1. The van der Waals surface area contributed by atoms with Crippen LogP contribution in [0.2, 0.25) is 0 Å². The summed E-state index contributed by atoms with van der Waals surface area (Å²) in [5, 5.41) is 8.96. The van der Waals surface area contributed by atoms with Crippen LogP contribution in [0, 0.1) is 17.2 Å². The third-order valence-corrected chi connectivity index (χ3v) is 2.76. The van der Waals surface area contributed by atoms with Crippen molar-refractivity contribution < 1.29 is 9.53 Å². The molecule has 1 amide bonds. The van der Waals surface area contributed by atoms with E-state index in [2.05, 4.69) is 6.07 Å². The van der Waals surface area contributed by atoms with E-state index in [0.717, 1.165) is 12.8 Å². The number of nitriles is 1. The quantitative estimate of drug-likeness (QED) is 0.724. The fraction of sp³-hybridized carbons (Fsp3) is 0.833. The number of hydrogen-bond acceptors (Lipinski definition) is 3. The van der Waals surface area contributed by atoms with Gasteiger partial charge in [-0.05, 0) is 33.6 Å². The summed E-state index contributed by atoms with van der Waals surface area (Å²) in [4.78, 5) is 13.5. The van der Waals surface area contributed by atoms with Crippen LogP contribution in [0.1, 0.15) is 40.5 Å². The number of rotatable bonds is 2. The van der Waals surface area contributed by atoms with Crippen LogP contribution in [-0.2, 0) is 4.74 Å².